The Kier molecular flexibility index (Phi) is 3.96. The van der Waals surface area contributed by atoms with Crippen molar-refractivity contribution in [3.63, 3.8) is 0 Å². The van der Waals surface area contributed by atoms with Crippen LogP contribution in [0, 0.1) is 11.3 Å². The Labute approximate surface area is 87.7 Å². The molecule has 84 valence electrons. The van der Waals surface area contributed by atoms with Gasteiger partial charge in [-0.25, -0.2) is 0 Å². The lowest BCUT2D eigenvalue weighted by Crippen LogP contribution is -2.39. The van der Waals surface area contributed by atoms with E-state index in [2.05, 4.69) is 20.8 Å². The van der Waals surface area contributed by atoms with Gasteiger partial charge in [0.2, 0.25) is 0 Å². The molecule has 2 heteroatoms. The second-order valence-corrected chi connectivity index (χ2v) is 5.44. The summed E-state index contributed by atoms with van der Waals surface area (Å²) in [5.41, 5.74) is 0.343. The molecule has 0 amide bonds. The topological polar surface area (TPSA) is 29.5 Å². The van der Waals surface area contributed by atoms with Crippen molar-refractivity contribution in [2.75, 3.05) is 6.61 Å². The van der Waals surface area contributed by atoms with Gasteiger partial charge in [0, 0.05) is 6.61 Å². The number of rotatable bonds is 2. The van der Waals surface area contributed by atoms with E-state index in [4.69, 9.17) is 4.74 Å². The van der Waals surface area contributed by atoms with Crippen LogP contribution < -0.4 is 0 Å². The Balaban J connectivity index is 2.53. The molecule has 0 aromatic heterocycles. The van der Waals surface area contributed by atoms with E-state index in [1.165, 1.54) is 0 Å². The maximum atomic E-state index is 9.76. The predicted octanol–water partition coefficient (Wildman–Crippen LogP) is 2.60. The van der Waals surface area contributed by atoms with E-state index in [0.29, 0.717) is 17.9 Å². The van der Waals surface area contributed by atoms with Crippen molar-refractivity contribution in [2.45, 2.75) is 59.2 Å². The van der Waals surface area contributed by atoms with Crippen molar-refractivity contribution >= 4 is 0 Å². The Morgan fingerprint density at radius 2 is 1.93 bits per heavy atom. The van der Waals surface area contributed by atoms with Crippen molar-refractivity contribution in [2.24, 2.45) is 11.3 Å². The van der Waals surface area contributed by atoms with Gasteiger partial charge in [0.25, 0.3) is 0 Å². The summed E-state index contributed by atoms with van der Waals surface area (Å²) < 4.78 is 5.57. The summed E-state index contributed by atoms with van der Waals surface area (Å²) >= 11 is 0. The van der Waals surface area contributed by atoms with Gasteiger partial charge in [-0.15, -0.1) is 0 Å². The van der Waals surface area contributed by atoms with E-state index in [1.54, 1.807) is 0 Å². The Morgan fingerprint density at radius 3 is 2.43 bits per heavy atom. The highest BCUT2D eigenvalue weighted by Gasteiger charge is 2.35. The summed E-state index contributed by atoms with van der Waals surface area (Å²) in [6.07, 6.45) is 2.87. The van der Waals surface area contributed by atoms with Crippen molar-refractivity contribution in [1.29, 1.82) is 0 Å². The SMILES string of the molecule is CCOC1CC(C(C)(C)C)CCC1O. The van der Waals surface area contributed by atoms with Crippen LogP contribution in [0.5, 0.6) is 0 Å². The summed E-state index contributed by atoms with van der Waals surface area (Å²) in [4.78, 5) is 0. The zero-order valence-corrected chi connectivity index (χ0v) is 9.92. The summed E-state index contributed by atoms with van der Waals surface area (Å²) in [7, 11) is 0. The minimum Gasteiger partial charge on any atom is -0.390 e. The van der Waals surface area contributed by atoms with Crippen LogP contribution in [0.1, 0.15) is 47.0 Å². The fourth-order valence-corrected chi connectivity index (χ4v) is 2.29. The highest BCUT2D eigenvalue weighted by atomic mass is 16.5. The Hall–Kier alpha value is -0.0800. The third kappa shape index (κ3) is 2.96. The number of aliphatic hydroxyl groups excluding tert-OH is 1. The lowest BCUT2D eigenvalue weighted by Gasteiger charge is -2.39. The fourth-order valence-electron chi connectivity index (χ4n) is 2.29. The smallest absolute Gasteiger partial charge is 0.0836 e. The first-order chi connectivity index (χ1) is 6.45. The third-order valence-electron chi connectivity index (χ3n) is 3.36. The van der Waals surface area contributed by atoms with Gasteiger partial charge in [-0.2, -0.15) is 0 Å². The molecule has 0 heterocycles. The quantitative estimate of drug-likeness (QED) is 0.742. The first-order valence-electron chi connectivity index (χ1n) is 5.74. The molecule has 1 saturated carbocycles. The monoisotopic (exact) mass is 200 g/mol. The van der Waals surface area contributed by atoms with Crippen LogP contribution in [0.4, 0.5) is 0 Å². The molecule has 1 N–H and O–H groups in total. The maximum Gasteiger partial charge on any atom is 0.0836 e. The van der Waals surface area contributed by atoms with E-state index >= 15 is 0 Å². The van der Waals surface area contributed by atoms with E-state index < -0.39 is 0 Å². The van der Waals surface area contributed by atoms with Crippen molar-refractivity contribution in [3.8, 4) is 0 Å². The normalized spacial score (nSPS) is 34.5. The second kappa shape index (κ2) is 4.63. The molecule has 0 aliphatic heterocycles. The first kappa shape index (κ1) is 12.0. The molecule has 1 aliphatic rings. The van der Waals surface area contributed by atoms with Crippen LogP contribution in [0.25, 0.3) is 0 Å². The Bertz CT molecular complexity index is 172. The molecule has 2 nitrogen and oxygen atoms in total. The summed E-state index contributed by atoms with van der Waals surface area (Å²) in [6.45, 7) is 9.53. The zero-order chi connectivity index (χ0) is 10.8. The number of hydrogen-bond acceptors (Lipinski definition) is 2. The van der Waals surface area contributed by atoms with E-state index in [9.17, 15) is 5.11 Å². The molecule has 0 spiro atoms. The molecule has 0 saturated heterocycles. The standard InChI is InChI=1S/C12H24O2/c1-5-14-11-8-9(12(2,3)4)6-7-10(11)13/h9-11,13H,5-8H2,1-4H3. The molecule has 0 bridgehead atoms. The van der Waals surface area contributed by atoms with Gasteiger partial charge in [0.15, 0.2) is 0 Å². The van der Waals surface area contributed by atoms with Gasteiger partial charge >= 0.3 is 0 Å². The van der Waals surface area contributed by atoms with Gasteiger partial charge in [-0.1, -0.05) is 20.8 Å². The first-order valence-corrected chi connectivity index (χ1v) is 5.74. The molecule has 14 heavy (non-hydrogen) atoms. The third-order valence-corrected chi connectivity index (χ3v) is 3.36. The van der Waals surface area contributed by atoms with Gasteiger partial charge < -0.3 is 9.84 Å². The van der Waals surface area contributed by atoms with Gasteiger partial charge in [0.1, 0.15) is 0 Å². The molecule has 3 unspecified atom stereocenters. The van der Waals surface area contributed by atoms with Crippen LogP contribution in [0.3, 0.4) is 0 Å². The van der Waals surface area contributed by atoms with Crippen LogP contribution in [0.15, 0.2) is 0 Å². The molecule has 0 aromatic carbocycles. The van der Waals surface area contributed by atoms with Crippen LogP contribution >= 0.6 is 0 Å². The number of ether oxygens (including phenoxy) is 1. The average Bonchev–Trinajstić information content (AvgIpc) is 2.07. The highest BCUT2D eigenvalue weighted by Crippen LogP contribution is 2.38. The minimum absolute atomic E-state index is 0.0676. The van der Waals surface area contributed by atoms with E-state index in [-0.39, 0.29) is 12.2 Å². The van der Waals surface area contributed by atoms with Crippen LogP contribution in [0.2, 0.25) is 0 Å². The zero-order valence-electron chi connectivity index (χ0n) is 9.92. The molecule has 3 atom stereocenters. The van der Waals surface area contributed by atoms with Crippen LogP contribution in [-0.2, 0) is 4.74 Å². The number of aliphatic hydroxyl groups is 1. The average molecular weight is 200 g/mol. The largest absolute Gasteiger partial charge is 0.390 e. The summed E-state index contributed by atoms with van der Waals surface area (Å²) in [5, 5.41) is 9.76. The molecular weight excluding hydrogens is 176 g/mol. The molecular formula is C12H24O2. The molecule has 0 radical (unpaired) electrons. The maximum absolute atomic E-state index is 9.76. The Morgan fingerprint density at radius 1 is 1.29 bits per heavy atom. The van der Waals surface area contributed by atoms with Gasteiger partial charge in [0.05, 0.1) is 12.2 Å². The van der Waals surface area contributed by atoms with E-state index in [1.807, 2.05) is 6.92 Å². The second-order valence-electron chi connectivity index (χ2n) is 5.44. The summed E-state index contributed by atoms with van der Waals surface area (Å²) in [5.74, 6) is 0.683. The van der Waals surface area contributed by atoms with Gasteiger partial charge in [-0.05, 0) is 37.5 Å². The lowest BCUT2D eigenvalue weighted by atomic mass is 9.71. The molecule has 1 fully saturated rings. The van der Waals surface area contributed by atoms with Crippen LogP contribution in [-0.4, -0.2) is 23.9 Å². The van der Waals surface area contributed by atoms with E-state index in [0.717, 1.165) is 19.3 Å². The minimum atomic E-state index is -0.242. The van der Waals surface area contributed by atoms with Crippen molar-refractivity contribution in [1.82, 2.24) is 0 Å². The number of hydrogen-bond donors (Lipinski definition) is 1. The predicted molar refractivity (Wildman–Crippen MR) is 58.2 cm³/mol. The molecule has 1 aliphatic carbocycles. The fraction of sp³-hybridized carbons (Fsp3) is 1.00. The highest BCUT2D eigenvalue weighted by molar-refractivity contribution is 4.86. The van der Waals surface area contributed by atoms with Crippen molar-refractivity contribution in [3.05, 3.63) is 0 Å². The van der Waals surface area contributed by atoms with Crippen molar-refractivity contribution < 1.29 is 9.84 Å². The molecule has 0 aromatic rings. The van der Waals surface area contributed by atoms with Gasteiger partial charge in [-0.3, -0.25) is 0 Å². The summed E-state index contributed by atoms with van der Waals surface area (Å²) in [6, 6.07) is 0. The lowest BCUT2D eigenvalue weighted by molar-refractivity contribution is -0.0802. The molecule has 1 rings (SSSR count).